The van der Waals surface area contributed by atoms with E-state index in [0.29, 0.717) is 6.54 Å². The van der Waals surface area contributed by atoms with Crippen LogP contribution < -0.4 is 5.32 Å². The molecule has 2 rings (SSSR count). The molecule has 1 saturated heterocycles. The van der Waals surface area contributed by atoms with E-state index in [0.717, 1.165) is 0 Å². The van der Waals surface area contributed by atoms with Gasteiger partial charge in [-0.25, -0.2) is 13.4 Å². The first-order valence-electron chi connectivity index (χ1n) is 5.56. The number of aliphatic hydroxyl groups is 1. The molecule has 2 N–H and O–H groups in total. The van der Waals surface area contributed by atoms with E-state index in [2.05, 4.69) is 10.3 Å². The van der Waals surface area contributed by atoms with E-state index >= 15 is 0 Å². The Morgan fingerprint density at radius 1 is 1.59 bits per heavy atom. The fourth-order valence-electron chi connectivity index (χ4n) is 2.12. The van der Waals surface area contributed by atoms with E-state index in [1.807, 2.05) is 17.7 Å². The third-order valence-corrected chi connectivity index (χ3v) is 4.58. The van der Waals surface area contributed by atoms with Gasteiger partial charge in [0.25, 0.3) is 0 Å². The minimum Gasteiger partial charge on any atom is -0.390 e. The fraction of sp³-hybridized carbons (Fsp3) is 0.700. The van der Waals surface area contributed by atoms with Crippen LogP contribution in [-0.2, 0) is 16.4 Å². The van der Waals surface area contributed by atoms with Crippen LogP contribution in [0.3, 0.4) is 0 Å². The first-order valence-corrected chi connectivity index (χ1v) is 7.39. The molecule has 1 aromatic heterocycles. The Labute approximate surface area is 101 Å². The highest BCUT2D eigenvalue weighted by molar-refractivity contribution is 7.91. The predicted molar refractivity (Wildman–Crippen MR) is 63.3 cm³/mol. The zero-order valence-corrected chi connectivity index (χ0v) is 10.5. The number of hydrogen-bond acceptors (Lipinski definition) is 5. The number of nitrogens with one attached hydrogen (secondary N) is 1. The minimum atomic E-state index is -3.08. The van der Waals surface area contributed by atoms with Crippen molar-refractivity contribution in [3.8, 4) is 0 Å². The minimum absolute atomic E-state index is 0.0163. The second-order valence-electron chi connectivity index (χ2n) is 4.58. The van der Waals surface area contributed by atoms with Gasteiger partial charge in [-0.05, 0) is 6.92 Å². The van der Waals surface area contributed by atoms with Gasteiger partial charge in [-0.2, -0.15) is 0 Å². The molecule has 7 heteroatoms. The molecule has 0 radical (unpaired) electrons. The average molecular weight is 259 g/mol. The summed E-state index contributed by atoms with van der Waals surface area (Å²) in [5, 5.41) is 12.8. The van der Waals surface area contributed by atoms with E-state index in [1.54, 1.807) is 12.5 Å². The molecule has 0 aromatic carbocycles. The van der Waals surface area contributed by atoms with Crippen LogP contribution in [0, 0.1) is 0 Å². The maximum atomic E-state index is 11.3. The molecule has 0 bridgehead atoms. The third kappa shape index (κ3) is 3.27. The number of rotatable bonds is 4. The number of aromatic nitrogens is 2. The lowest BCUT2D eigenvalue weighted by Crippen LogP contribution is -2.45. The van der Waals surface area contributed by atoms with Crippen LogP contribution >= 0.6 is 0 Å². The van der Waals surface area contributed by atoms with E-state index in [1.165, 1.54) is 0 Å². The number of sulfone groups is 1. The van der Waals surface area contributed by atoms with Crippen molar-refractivity contribution in [2.45, 2.75) is 31.7 Å². The summed E-state index contributed by atoms with van der Waals surface area (Å²) in [7, 11) is -3.08. The molecule has 0 spiro atoms. The first-order chi connectivity index (χ1) is 7.96. The van der Waals surface area contributed by atoms with Crippen molar-refractivity contribution in [3.63, 3.8) is 0 Å². The number of nitrogens with zero attached hydrogens (tertiary/aromatic N) is 2. The Morgan fingerprint density at radius 2 is 2.35 bits per heavy atom. The van der Waals surface area contributed by atoms with Gasteiger partial charge in [-0.3, -0.25) is 0 Å². The molecule has 96 valence electrons. The lowest BCUT2D eigenvalue weighted by molar-refractivity contribution is 0.158. The summed E-state index contributed by atoms with van der Waals surface area (Å²) in [6.45, 7) is 2.65. The third-order valence-electron chi connectivity index (χ3n) is 2.87. The molecule has 1 aromatic rings. The van der Waals surface area contributed by atoms with Gasteiger partial charge in [0.2, 0.25) is 0 Å². The lowest BCUT2D eigenvalue weighted by Gasteiger charge is -2.21. The SMILES string of the molecule is CC(Cn1ccnc1)NC1CS(=O)(=O)CC1O. The van der Waals surface area contributed by atoms with Gasteiger partial charge in [-0.15, -0.1) is 0 Å². The van der Waals surface area contributed by atoms with Gasteiger partial charge in [0.1, 0.15) is 0 Å². The highest BCUT2D eigenvalue weighted by Gasteiger charge is 2.36. The van der Waals surface area contributed by atoms with Gasteiger partial charge < -0.3 is 15.0 Å². The smallest absolute Gasteiger partial charge is 0.154 e. The Morgan fingerprint density at radius 3 is 2.88 bits per heavy atom. The molecule has 0 aliphatic carbocycles. The van der Waals surface area contributed by atoms with Crippen LogP contribution in [0.15, 0.2) is 18.7 Å². The molecule has 1 aliphatic rings. The number of aliphatic hydroxyl groups excluding tert-OH is 1. The summed E-state index contributed by atoms with van der Waals surface area (Å²) in [5.74, 6) is -0.120. The molecule has 2 heterocycles. The van der Waals surface area contributed by atoms with Crippen LogP contribution in [0.4, 0.5) is 0 Å². The van der Waals surface area contributed by atoms with Crippen LogP contribution in [0.1, 0.15) is 6.92 Å². The highest BCUT2D eigenvalue weighted by atomic mass is 32.2. The van der Waals surface area contributed by atoms with E-state index < -0.39 is 15.9 Å². The van der Waals surface area contributed by atoms with Gasteiger partial charge in [-0.1, -0.05) is 0 Å². The molecule has 1 aliphatic heterocycles. The molecule has 3 atom stereocenters. The van der Waals surface area contributed by atoms with Gasteiger partial charge >= 0.3 is 0 Å². The maximum Gasteiger partial charge on any atom is 0.154 e. The molecular formula is C10H17N3O3S. The molecule has 3 unspecified atom stereocenters. The van der Waals surface area contributed by atoms with Crippen molar-refractivity contribution >= 4 is 9.84 Å². The van der Waals surface area contributed by atoms with Crippen LogP contribution in [0.25, 0.3) is 0 Å². The Bertz CT molecular complexity index is 457. The van der Waals surface area contributed by atoms with Gasteiger partial charge in [0.15, 0.2) is 9.84 Å². The topological polar surface area (TPSA) is 84.2 Å². The van der Waals surface area contributed by atoms with E-state index in [9.17, 15) is 13.5 Å². The summed E-state index contributed by atoms with van der Waals surface area (Å²) in [4.78, 5) is 3.93. The number of imidazole rings is 1. The summed E-state index contributed by atoms with van der Waals surface area (Å²) in [6.07, 6.45) is 4.45. The van der Waals surface area contributed by atoms with Crippen molar-refractivity contribution in [2.75, 3.05) is 11.5 Å². The van der Waals surface area contributed by atoms with Gasteiger partial charge in [0.05, 0.1) is 23.9 Å². The Kier molecular flexibility index (Phi) is 3.50. The summed E-state index contributed by atoms with van der Waals surface area (Å²) in [6, 6.07) is -0.282. The zero-order chi connectivity index (χ0) is 12.5. The lowest BCUT2D eigenvalue weighted by atomic mass is 10.2. The van der Waals surface area contributed by atoms with Crippen molar-refractivity contribution in [3.05, 3.63) is 18.7 Å². The van der Waals surface area contributed by atoms with Crippen molar-refractivity contribution < 1.29 is 13.5 Å². The monoisotopic (exact) mass is 259 g/mol. The number of hydrogen-bond donors (Lipinski definition) is 2. The van der Waals surface area contributed by atoms with E-state index in [4.69, 9.17) is 0 Å². The molecular weight excluding hydrogens is 242 g/mol. The quantitative estimate of drug-likeness (QED) is 0.726. The summed E-state index contributed by atoms with van der Waals surface area (Å²) >= 11 is 0. The van der Waals surface area contributed by atoms with Crippen LogP contribution in [0.2, 0.25) is 0 Å². The first kappa shape index (κ1) is 12.5. The Balaban J connectivity index is 1.89. The predicted octanol–water partition coefficient (Wildman–Crippen LogP) is -0.981. The van der Waals surface area contributed by atoms with E-state index in [-0.39, 0.29) is 23.6 Å². The molecule has 0 amide bonds. The average Bonchev–Trinajstić information content (AvgIpc) is 2.75. The van der Waals surface area contributed by atoms with Crippen LogP contribution in [0.5, 0.6) is 0 Å². The largest absolute Gasteiger partial charge is 0.390 e. The zero-order valence-electron chi connectivity index (χ0n) is 9.65. The molecule has 17 heavy (non-hydrogen) atoms. The standard InChI is InChI=1S/C10H17N3O3S/c1-8(4-13-3-2-11-7-13)12-9-5-17(15,16)6-10(9)14/h2-3,7-10,12,14H,4-6H2,1H3. The molecule has 1 fully saturated rings. The Hall–Kier alpha value is -0.920. The maximum absolute atomic E-state index is 11.3. The summed E-state index contributed by atoms with van der Waals surface area (Å²) < 4.78 is 24.6. The van der Waals surface area contributed by atoms with Crippen molar-refractivity contribution in [1.82, 2.24) is 14.9 Å². The second-order valence-corrected chi connectivity index (χ2v) is 6.73. The second kappa shape index (κ2) is 4.75. The highest BCUT2D eigenvalue weighted by Crippen LogP contribution is 2.13. The summed E-state index contributed by atoms with van der Waals surface area (Å²) in [5.41, 5.74) is 0. The van der Waals surface area contributed by atoms with Crippen LogP contribution in [-0.4, -0.2) is 52.8 Å². The molecule has 0 saturated carbocycles. The molecule has 6 nitrogen and oxygen atoms in total. The van der Waals surface area contributed by atoms with Gasteiger partial charge in [0, 0.05) is 31.0 Å². The van der Waals surface area contributed by atoms with Crippen molar-refractivity contribution in [2.24, 2.45) is 0 Å². The van der Waals surface area contributed by atoms with Crippen molar-refractivity contribution in [1.29, 1.82) is 0 Å². The normalized spacial score (nSPS) is 29.3. The fourth-order valence-corrected chi connectivity index (χ4v) is 3.87.